The second-order valence-electron chi connectivity index (χ2n) is 11.6. The van der Waals surface area contributed by atoms with Crippen LogP contribution in [0.4, 0.5) is 5.69 Å². The molecule has 1 fully saturated rings. The van der Waals surface area contributed by atoms with Crippen LogP contribution in [0.5, 0.6) is 0 Å². The van der Waals surface area contributed by atoms with Gasteiger partial charge in [0.15, 0.2) is 0 Å². The lowest BCUT2D eigenvalue weighted by molar-refractivity contribution is 0.0966. The Labute approximate surface area is 227 Å². The van der Waals surface area contributed by atoms with Crippen LogP contribution >= 0.6 is 0 Å². The lowest BCUT2D eigenvalue weighted by Gasteiger charge is -2.47. The SMILES string of the molecule is CCC1C(COS(C)(=O)=O)CCC2CNc3ccc(C(C)(C)C)cc3C21.CCCCC.c1ccccc1. The monoisotopic (exact) mass is 529 g/mol. The summed E-state index contributed by atoms with van der Waals surface area (Å²) in [7, 11) is -3.38. The van der Waals surface area contributed by atoms with Crippen LogP contribution < -0.4 is 5.32 Å². The van der Waals surface area contributed by atoms with E-state index < -0.39 is 10.1 Å². The van der Waals surface area contributed by atoms with Crippen molar-refractivity contribution in [1.29, 1.82) is 0 Å². The van der Waals surface area contributed by atoms with Crippen LogP contribution in [0.3, 0.4) is 0 Å². The van der Waals surface area contributed by atoms with Crippen LogP contribution in [0.1, 0.15) is 97.1 Å². The summed E-state index contributed by atoms with van der Waals surface area (Å²) in [5.74, 6) is 1.88. The minimum absolute atomic E-state index is 0.122. The van der Waals surface area contributed by atoms with Crippen molar-refractivity contribution >= 4 is 15.8 Å². The quantitative estimate of drug-likeness (QED) is 0.382. The van der Waals surface area contributed by atoms with Crippen molar-refractivity contribution in [3.8, 4) is 0 Å². The van der Waals surface area contributed by atoms with E-state index in [0.717, 1.165) is 32.1 Å². The Bertz CT molecular complexity index is 985. The molecule has 1 heterocycles. The summed E-state index contributed by atoms with van der Waals surface area (Å²) < 4.78 is 28.1. The van der Waals surface area contributed by atoms with Crippen molar-refractivity contribution in [1.82, 2.24) is 0 Å². The molecule has 2 aliphatic rings. The van der Waals surface area contributed by atoms with Gasteiger partial charge < -0.3 is 5.32 Å². The van der Waals surface area contributed by atoms with Gasteiger partial charge in [-0.1, -0.05) is 116 Å². The number of anilines is 1. The first-order chi connectivity index (χ1) is 17.5. The van der Waals surface area contributed by atoms with E-state index in [1.807, 2.05) is 36.4 Å². The predicted octanol–water partition coefficient (Wildman–Crippen LogP) is 8.40. The maximum atomic E-state index is 11.5. The van der Waals surface area contributed by atoms with Gasteiger partial charge in [0.2, 0.25) is 0 Å². The maximum Gasteiger partial charge on any atom is 0.264 e. The summed E-state index contributed by atoms with van der Waals surface area (Å²) >= 11 is 0. The second-order valence-corrected chi connectivity index (χ2v) is 13.3. The zero-order valence-electron chi connectivity index (χ0n) is 24.3. The highest BCUT2D eigenvalue weighted by atomic mass is 32.2. The molecule has 0 bridgehead atoms. The van der Waals surface area contributed by atoms with Crippen molar-refractivity contribution in [2.45, 2.75) is 91.4 Å². The van der Waals surface area contributed by atoms with E-state index in [1.165, 1.54) is 36.1 Å². The second kappa shape index (κ2) is 14.9. The molecule has 5 heteroatoms. The van der Waals surface area contributed by atoms with Crippen LogP contribution in [0.2, 0.25) is 0 Å². The van der Waals surface area contributed by atoms with Gasteiger partial charge in [0, 0.05) is 12.2 Å². The van der Waals surface area contributed by atoms with Crippen LogP contribution in [-0.4, -0.2) is 27.8 Å². The number of nitrogens with one attached hydrogen (secondary N) is 1. The Morgan fingerprint density at radius 3 is 2.00 bits per heavy atom. The highest BCUT2D eigenvalue weighted by Gasteiger charge is 2.42. The van der Waals surface area contributed by atoms with Gasteiger partial charge in [0.25, 0.3) is 10.1 Å². The van der Waals surface area contributed by atoms with Crippen LogP contribution in [0, 0.1) is 17.8 Å². The summed E-state index contributed by atoms with van der Waals surface area (Å²) in [5.41, 5.74) is 4.16. The Morgan fingerprint density at radius 2 is 1.54 bits per heavy atom. The lowest BCUT2D eigenvalue weighted by Crippen LogP contribution is -2.41. The van der Waals surface area contributed by atoms with E-state index in [2.05, 4.69) is 65.1 Å². The fourth-order valence-electron chi connectivity index (χ4n) is 5.63. The minimum atomic E-state index is -3.38. The first-order valence-electron chi connectivity index (χ1n) is 14.2. The molecule has 1 N–H and O–H groups in total. The smallest absolute Gasteiger partial charge is 0.264 e. The topological polar surface area (TPSA) is 55.4 Å². The molecule has 1 saturated carbocycles. The van der Waals surface area contributed by atoms with Gasteiger partial charge in [-0.3, -0.25) is 4.18 Å². The molecule has 2 aromatic carbocycles. The molecule has 1 aliphatic carbocycles. The van der Waals surface area contributed by atoms with Crippen molar-refractivity contribution in [3.63, 3.8) is 0 Å². The summed E-state index contributed by atoms with van der Waals surface area (Å²) in [6.07, 6.45) is 8.45. The predicted molar refractivity (Wildman–Crippen MR) is 159 cm³/mol. The number of hydrogen-bond donors (Lipinski definition) is 1. The van der Waals surface area contributed by atoms with E-state index in [4.69, 9.17) is 4.18 Å². The molecule has 0 saturated heterocycles. The van der Waals surface area contributed by atoms with Crippen molar-refractivity contribution in [2.75, 3.05) is 24.7 Å². The highest BCUT2D eigenvalue weighted by Crippen LogP contribution is 2.51. The number of fused-ring (bicyclic) bond motifs is 3. The van der Waals surface area contributed by atoms with E-state index >= 15 is 0 Å². The summed E-state index contributed by atoms with van der Waals surface area (Å²) in [6, 6.07) is 18.9. The molecule has 4 nitrogen and oxygen atoms in total. The third-order valence-corrected chi connectivity index (χ3v) is 8.22. The van der Waals surface area contributed by atoms with Crippen LogP contribution in [0.25, 0.3) is 0 Å². The molecule has 1 aliphatic heterocycles. The van der Waals surface area contributed by atoms with Gasteiger partial charge in [-0.05, 0) is 59.1 Å². The fraction of sp³-hybridized carbons (Fsp3) is 0.625. The molecule has 208 valence electrons. The zero-order valence-corrected chi connectivity index (χ0v) is 25.1. The molecular weight excluding hydrogens is 478 g/mol. The van der Waals surface area contributed by atoms with Crippen molar-refractivity contribution in [3.05, 3.63) is 65.7 Å². The van der Waals surface area contributed by atoms with E-state index in [0.29, 0.717) is 30.3 Å². The average Bonchev–Trinajstić information content (AvgIpc) is 2.87. The number of unbranched alkanes of at least 4 members (excludes halogenated alkanes) is 2. The van der Waals surface area contributed by atoms with Gasteiger partial charge in [-0.2, -0.15) is 8.42 Å². The molecule has 37 heavy (non-hydrogen) atoms. The first-order valence-corrected chi connectivity index (χ1v) is 16.1. The molecule has 2 aromatic rings. The Morgan fingerprint density at radius 1 is 0.946 bits per heavy atom. The Balaban J connectivity index is 0.000000363. The molecule has 4 unspecified atom stereocenters. The molecule has 0 amide bonds. The summed E-state index contributed by atoms with van der Waals surface area (Å²) in [4.78, 5) is 0. The van der Waals surface area contributed by atoms with Gasteiger partial charge in [0.1, 0.15) is 0 Å². The van der Waals surface area contributed by atoms with Gasteiger partial charge in [-0.25, -0.2) is 0 Å². The van der Waals surface area contributed by atoms with Gasteiger partial charge >= 0.3 is 0 Å². The Hall–Kier alpha value is -1.85. The maximum absolute atomic E-state index is 11.5. The molecule has 4 atom stereocenters. The molecule has 0 spiro atoms. The standard InChI is InChI=1S/C21H33NO3S.C6H6.C5H12/c1-6-17-15(13-25-26(5,23)24)8-7-14-12-22-19-10-9-16(21(2,3)4)11-18(19)20(14)17;1-2-4-6-5-3-1;1-3-5-4-2/h9-11,14-15,17,20,22H,6-8,12-13H2,1-5H3;1-6H;3-5H2,1-2H3. The first kappa shape index (κ1) is 31.4. The summed E-state index contributed by atoms with van der Waals surface area (Å²) in [5, 5.41) is 3.63. The number of benzene rings is 2. The third kappa shape index (κ3) is 10.1. The van der Waals surface area contributed by atoms with Crippen molar-refractivity contribution < 1.29 is 12.6 Å². The number of hydrogen-bond acceptors (Lipinski definition) is 4. The van der Waals surface area contributed by atoms with E-state index in [1.54, 1.807) is 0 Å². The molecular formula is C32H51NO3S. The largest absolute Gasteiger partial charge is 0.385 e. The van der Waals surface area contributed by atoms with Crippen LogP contribution in [0.15, 0.2) is 54.6 Å². The van der Waals surface area contributed by atoms with Gasteiger partial charge in [0.05, 0.1) is 12.9 Å². The van der Waals surface area contributed by atoms with E-state index in [-0.39, 0.29) is 5.41 Å². The third-order valence-electron chi connectivity index (χ3n) is 7.66. The molecule has 4 rings (SSSR count). The normalized spacial score (nSPS) is 22.7. The molecule has 0 radical (unpaired) electrons. The zero-order chi connectivity index (χ0) is 27.5. The van der Waals surface area contributed by atoms with Crippen LogP contribution in [-0.2, 0) is 19.7 Å². The van der Waals surface area contributed by atoms with E-state index in [9.17, 15) is 8.42 Å². The highest BCUT2D eigenvalue weighted by molar-refractivity contribution is 7.85. The number of rotatable bonds is 6. The van der Waals surface area contributed by atoms with Crippen molar-refractivity contribution in [2.24, 2.45) is 17.8 Å². The minimum Gasteiger partial charge on any atom is -0.385 e. The Kier molecular flexibility index (Phi) is 12.7. The fourth-order valence-corrected chi connectivity index (χ4v) is 6.05. The average molecular weight is 530 g/mol. The lowest BCUT2D eigenvalue weighted by atomic mass is 9.61. The summed E-state index contributed by atoms with van der Waals surface area (Å²) in [6.45, 7) is 14.8. The molecule has 0 aromatic heterocycles. The van der Waals surface area contributed by atoms with Gasteiger partial charge in [-0.15, -0.1) is 0 Å².